The zero-order chi connectivity index (χ0) is 17.2. The lowest BCUT2D eigenvalue weighted by atomic mass is 10.2. The first-order valence-electron chi connectivity index (χ1n) is 8.78. The number of methoxy groups -OCH3 is 1. The predicted molar refractivity (Wildman–Crippen MR) is 97.6 cm³/mol. The van der Waals surface area contributed by atoms with Crippen molar-refractivity contribution < 1.29 is 14.6 Å². The number of fused-ring (bicyclic) bond motifs is 3. The molecule has 1 saturated heterocycles. The summed E-state index contributed by atoms with van der Waals surface area (Å²) >= 11 is 0. The van der Waals surface area contributed by atoms with Crippen LogP contribution in [0, 0.1) is 0 Å². The molecule has 3 aromatic rings. The number of hydrogen-bond acceptors (Lipinski definition) is 5. The van der Waals surface area contributed by atoms with Crippen LogP contribution in [0.3, 0.4) is 0 Å². The fourth-order valence-corrected chi connectivity index (χ4v) is 3.54. The molecule has 132 valence electrons. The van der Waals surface area contributed by atoms with Crippen molar-refractivity contribution in [1.29, 1.82) is 0 Å². The first-order valence-corrected chi connectivity index (χ1v) is 8.78. The second-order valence-corrected chi connectivity index (χ2v) is 6.51. The molecule has 0 spiro atoms. The summed E-state index contributed by atoms with van der Waals surface area (Å²) in [4.78, 5) is 9.75. The summed E-state index contributed by atoms with van der Waals surface area (Å²) in [5, 5.41) is 11.5. The minimum atomic E-state index is 0.00408. The minimum absolute atomic E-state index is 0.00408. The Kier molecular flexibility index (Phi) is 4.36. The highest BCUT2D eigenvalue weighted by Crippen LogP contribution is 2.36. The minimum Gasteiger partial charge on any atom is -0.493 e. The summed E-state index contributed by atoms with van der Waals surface area (Å²) < 4.78 is 11.5. The number of aromatic hydroxyl groups is 1. The molecule has 0 atom stereocenters. The lowest BCUT2D eigenvalue weighted by Gasteiger charge is -2.15. The summed E-state index contributed by atoms with van der Waals surface area (Å²) in [6, 6.07) is 5.54. The predicted octanol–water partition coefficient (Wildman–Crippen LogP) is 3.30. The van der Waals surface area contributed by atoms with E-state index in [0.29, 0.717) is 12.4 Å². The van der Waals surface area contributed by atoms with E-state index >= 15 is 0 Å². The Morgan fingerprint density at radius 3 is 2.72 bits per heavy atom. The molecule has 0 saturated carbocycles. The van der Waals surface area contributed by atoms with E-state index in [-0.39, 0.29) is 5.88 Å². The summed E-state index contributed by atoms with van der Waals surface area (Å²) in [7, 11) is 1.65. The van der Waals surface area contributed by atoms with E-state index in [9.17, 15) is 5.11 Å². The van der Waals surface area contributed by atoms with Crippen molar-refractivity contribution in [1.82, 2.24) is 14.9 Å². The number of likely N-dealkylation sites (tertiary alicyclic amines) is 1. The maximum absolute atomic E-state index is 9.56. The van der Waals surface area contributed by atoms with Gasteiger partial charge in [0.2, 0.25) is 5.88 Å². The van der Waals surface area contributed by atoms with E-state index in [1.54, 1.807) is 19.4 Å². The third kappa shape index (κ3) is 3.22. The van der Waals surface area contributed by atoms with Gasteiger partial charge in [-0.2, -0.15) is 0 Å². The van der Waals surface area contributed by atoms with Crippen LogP contribution in [0.25, 0.3) is 21.8 Å². The molecular formula is C19H23N3O3. The summed E-state index contributed by atoms with van der Waals surface area (Å²) in [5.74, 6) is 1.45. The van der Waals surface area contributed by atoms with Crippen molar-refractivity contribution in [3.05, 3.63) is 24.4 Å². The second kappa shape index (κ2) is 6.80. The van der Waals surface area contributed by atoms with Crippen molar-refractivity contribution in [3.8, 4) is 17.4 Å². The van der Waals surface area contributed by atoms with Gasteiger partial charge in [0.05, 0.1) is 24.8 Å². The Hall–Kier alpha value is -2.47. The number of benzene rings is 1. The average molecular weight is 341 g/mol. The van der Waals surface area contributed by atoms with E-state index in [2.05, 4.69) is 14.9 Å². The van der Waals surface area contributed by atoms with Gasteiger partial charge in [-0.1, -0.05) is 0 Å². The molecule has 1 aromatic carbocycles. The van der Waals surface area contributed by atoms with E-state index in [4.69, 9.17) is 9.47 Å². The van der Waals surface area contributed by atoms with E-state index < -0.39 is 0 Å². The van der Waals surface area contributed by atoms with Crippen molar-refractivity contribution >= 4 is 21.8 Å². The van der Waals surface area contributed by atoms with Gasteiger partial charge >= 0.3 is 0 Å². The van der Waals surface area contributed by atoms with E-state index in [1.165, 1.54) is 25.9 Å². The smallest absolute Gasteiger partial charge is 0.212 e. The van der Waals surface area contributed by atoms with Gasteiger partial charge in [0.15, 0.2) is 11.5 Å². The topological polar surface area (TPSA) is 70.6 Å². The monoisotopic (exact) mass is 341 g/mol. The van der Waals surface area contributed by atoms with Crippen LogP contribution in [0.1, 0.15) is 19.3 Å². The van der Waals surface area contributed by atoms with Gasteiger partial charge in [0, 0.05) is 35.6 Å². The van der Waals surface area contributed by atoms with Gasteiger partial charge in [0.25, 0.3) is 0 Å². The van der Waals surface area contributed by atoms with Crippen molar-refractivity contribution in [2.45, 2.75) is 19.3 Å². The molecule has 1 aliphatic heterocycles. The summed E-state index contributed by atoms with van der Waals surface area (Å²) in [5.41, 5.74) is 1.79. The number of aromatic amines is 1. The molecule has 3 heterocycles. The van der Waals surface area contributed by atoms with Gasteiger partial charge in [0.1, 0.15) is 0 Å². The number of aromatic nitrogens is 2. The molecule has 0 bridgehead atoms. The second-order valence-electron chi connectivity index (χ2n) is 6.51. The van der Waals surface area contributed by atoms with Crippen LogP contribution in [0.2, 0.25) is 0 Å². The standard InChI is InChI=1S/C19H23N3O3/c1-24-17-9-13-14-12-20-19(23)11-16(14)21-15(13)10-18(17)25-8-4-7-22-5-2-3-6-22/h9-12,21H,2-8H2,1H3,(H,20,23). The van der Waals surface area contributed by atoms with Gasteiger partial charge in [-0.3, -0.25) is 0 Å². The number of hydrogen-bond donors (Lipinski definition) is 2. The fourth-order valence-electron chi connectivity index (χ4n) is 3.54. The van der Waals surface area contributed by atoms with E-state index in [1.807, 2.05) is 12.1 Å². The molecule has 25 heavy (non-hydrogen) atoms. The van der Waals surface area contributed by atoms with Crippen LogP contribution < -0.4 is 9.47 Å². The summed E-state index contributed by atoms with van der Waals surface area (Å²) in [6.07, 6.45) is 5.30. The van der Waals surface area contributed by atoms with Crippen LogP contribution >= 0.6 is 0 Å². The normalized spacial score (nSPS) is 15.2. The van der Waals surface area contributed by atoms with Crippen LogP contribution in [-0.2, 0) is 0 Å². The maximum atomic E-state index is 9.56. The van der Waals surface area contributed by atoms with Gasteiger partial charge < -0.3 is 24.5 Å². The first kappa shape index (κ1) is 16.0. The van der Waals surface area contributed by atoms with E-state index in [0.717, 1.165) is 40.5 Å². The molecule has 0 radical (unpaired) electrons. The number of ether oxygens (including phenoxy) is 2. The molecule has 0 unspecified atom stereocenters. The molecule has 6 heteroatoms. The van der Waals surface area contributed by atoms with Gasteiger partial charge in [-0.25, -0.2) is 4.98 Å². The Morgan fingerprint density at radius 2 is 1.92 bits per heavy atom. The lowest BCUT2D eigenvalue weighted by Crippen LogP contribution is -2.21. The maximum Gasteiger partial charge on any atom is 0.212 e. The third-order valence-electron chi connectivity index (χ3n) is 4.83. The van der Waals surface area contributed by atoms with Gasteiger partial charge in [-0.15, -0.1) is 0 Å². The van der Waals surface area contributed by atoms with Crippen molar-refractivity contribution in [3.63, 3.8) is 0 Å². The fraction of sp³-hybridized carbons (Fsp3) is 0.421. The molecule has 4 rings (SSSR count). The largest absolute Gasteiger partial charge is 0.493 e. The molecule has 1 fully saturated rings. The summed E-state index contributed by atoms with van der Waals surface area (Å²) in [6.45, 7) is 4.18. The Labute approximate surface area is 146 Å². The van der Waals surface area contributed by atoms with Crippen LogP contribution in [0.5, 0.6) is 17.4 Å². The highest BCUT2D eigenvalue weighted by atomic mass is 16.5. The van der Waals surface area contributed by atoms with Crippen LogP contribution in [0.4, 0.5) is 0 Å². The number of pyridine rings is 1. The zero-order valence-corrected chi connectivity index (χ0v) is 14.4. The van der Waals surface area contributed by atoms with Crippen LogP contribution in [-0.4, -0.2) is 53.3 Å². The molecular weight excluding hydrogens is 318 g/mol. The van der Waals surface area contributed by atoms with Gasteiger partial charge in [-0.05, 0) is 38.4 Å². The average Bonchev–Trinajstić information content (AvgIpc) is 3.24. The zero-order valence-electron chi connectivity index (χ0n) is 14.4. The van der Waals surface area contributed by atoms with Crippen molar-refractivity contribution in [2.24, 2.45) is 0 Å². The Morgan fingerprint density at radius 1 is 1.12 bits per heavy atom. The number of nitrogens with one attached hydrogen (secondary N) is 1. The SMILES string of the molecule is COc1cc2c(cc1OCCCN1CCCC1)[nH]c1cc(O)ncc12. The molecule has 0 amide bonds. The molecule has 6 nitrogen and oxygen atoms in total. The molecule has 2 aromatic heterocycles. The Balaban J connectivity index is 1.54. The molecule has 2 N–H and O–H groups in total. The van der Waals surface area contributed by atoms with Crippen molar-refractivity contribution in [2.75, 3.05) is 33.4 Å². The molecule has 0 aliphatic carbocycles. The third-order valence-corrected chi connectivity index (χ3v) is 4.83. The quantitative estimate of drug-likeness (QED) is 0.673. The first-order chi connectivity index (χ1) is 12.2. The van der Waals surface area contributed by atoms with Crippen LogP contribution in [0.15, 0.2) is 24.4 Å². The highest BCUT2D eigenvalue weighted by Gasteiger charge is 2.13. The molecule has 1 aliphatic rings. The number of H-pyrrole nitrogens is 1. The Bertz CT molecular complexity index is 884. The lowest BCUT2D eigenvalue weighted by molar-refractivity contribution is 0.254. The number of rotatable bonds is 6. The number of nitrogens with zero attached hydrogens (tertiary/aromatic N) is 2. The highest BCUT2D eigenvalue weighted by molar-refractivity contribution is 6.08.